The molecule has 0 aliphatic heterocycles. The molecule has 64 valence electrons. The summed E-state index contributed by atoms with van der Waals surface area (Å²) in [6, 6.07) is 3.59. The Kier molecular flexibility index (Phi) is 2.55. The van der Waals surface area contributed by atoms with Gasteiger partial charge in [0.25, 0.3) is 0 Å². The van der Waals surface area contributed by atoms with Crippen LogP contribution in [0.15, 0.2) is 12.1 Å². The fourth-order valence-corrected chi connectivity index (χ4v) is 0.891. The van der Waals surface area contributed by atoms with Gasteiger partial charge in [-0.05, 0) is 25.5 Å². The molecule has 1 rings (SSSR count). The van der Waals surface area contributed by atoms with E-state index in [1.165, 1.54) is 0 Å². The summed E-state index contributed by atoms with van der Waals surface area (Å²) in [4.78, 5) is 15.2. The van der Waals surface area contributed by atoms with Crippen molar-refractivity contribution in [3.8, 4) is 0 Å². The third-order valence-electron chi connectivity index (χ3n) is 1.82. The SMILES string of the molecule is Cc1ccc(C(=O)CN)nc1C. The minimum atomic E-state index is -0.113. The molecular formula is C9H12N2O. The van der Waals surface area contributed by atoms with E-state index in [9.17, 15) is 4.79 Å². The Bertz CT molecular complexity index is 307. The number of hydrogen-bond acceptors (Lipinski definition) is 3. The molecule has 0 bridgehead atoms. The average Bonchev–Trinajstić information content (AvgIpc) is 2.08. The first-order valence-electron chi connectivity index (χ1n) is 3.82. The van der Waals surface area contributed by atoms with Gasteiger partial charge in [0.15, 0.2) is 5.78 Å². The zero-order valence-electron chi connectivity index (χ0n) is 7.29. The van der Waals surface area contributed by atoms with Gasteiger partial charge in [-0.2, -0.15) is 0 Å². The van der Waals surface area contributed by atoms with Crippen LogP contribution in [0.3, 0.4) is 0 Å². The Morgan fingerprint density at radius 3 is 2.67 bits per heavy atom. The van der Waals surface area contributed by atoms with Crippen molar-refractivity contribution in [1.29, 1.82) is 0 Å². The first kappa shape index (κ1) is 8.87. The molecule has 0 fully saturated rings. The van der Waals surface area contributed by atoms with Crippen LogP contribution >= 0.6 is 0 Å². The molecule has 0 atom stereocenters. The fraction of sp³-hybridized carbons (Fsp3) is 0.333. The molecule has 3 nitrogen and oxygen atoms in total. The number of aryl methyl sites for hydroxylation is 2. The highest BCUT2D eigenvalue weighted by molar-refractivity contribution is 5.95. The van der Waals surface area contributed by atoms with Gasteiger partial charge in [0, 0.05) is 5.69 Å². The van der Waals surface area contributed by atoms with Crippen molar-refractivity contribution in [2.45, 2.75) is 13.8 Å². The second-order valence-electron chi connectivity index (χ2n) is 2.73. The minimum Gasteiger partial charge on any atom is -0.324 e. The number of carbonyl (C=O) groups excluding carboxylic acids is 1. The van der Waals surface area contributed by atoms with Gasteiger partial charge in [-0.3, -0.25) is 4.79 Å². The van der Waals surface area contributed by atoms with Crippen LogP contribution in [0.1, 0.15) is 21.7 Å². The van der Waals surface area contributed by atoms with Crippen LogP contribution < -0.4 is 5.73 Å². The van der Waals surface area contributed by atoms with Crippen molar-refractivity contribution >= 4 is 5.78 Å². The standard InChI is InChI=1S/C9H12N2O/c1-6-3-4-8(9(12)5-10)11-7(6)2/h3-4H,5,10H2,1-2H3. The van der Waals surface area contributed by atoms with Gasteiger partial charge >= 0.3 is 0 Å². The topological polar surface area (TPSA) is 56.0 Å². The molecule has 12 heavy (non-hydrogen) atoms. The summed E-state index contributed by atoms with van der Waals surface area (Å²) in [6.45, 7) is 3.86. The van der Waals surface area contributed by atoms with Crippen LogP contribution in [0.25, 0.3) is 0 Å². The monoisotopic (exact) mass is 164 g/mol. The summed E-state index contributed by atoms with van der Waals surface area (Å²) in [5.74, 6) is -0.113. The summed E-state index contributed by atoms with van der Waals surface area (Å²) in [5.41, 5.74) is 7.63. The Balaban J connectivity index is 3.05. The highest BCUT2D eigenvalue weighted by Crippen LogP contribution is 2.04. The molecular weight excluding hydrogens is 152 g/mol. The Morgan fingerprint density at radius 2 is 2.17 bits per heavy atom. The van der Waals surface area contributed by atoms with Crippen LogP contribution in [-0.4, -0.2) is 17.3 Å². The third-order valence-corrected chi connectivity index (χ3v) is 1.82. The van der Waals surface area contributed by atoms with Crippen molar-refractivity contribution in [3.05, 3.63) is 29.1 Å². The van der Waals surface area contributed by atoms with E-state index < -0.39 is 0 Å². The van der Waals surface area contributed by atoms with Crippen LogP contribution in [0.2, 0.25) is 0 Å². The molecule has 2 N–H and O–H groups in total. The second kappa shape index (κ2) is 3.45. The molecule has 1 aromatic heterocycles. The van der Waals surface area contributed by atoms with Crippen molar-refractivity contribution in [2.75, 3.05) is 6.54 Å². The Morgan fingerprint density at radius 1 is 1.50 bits per heavy atom. The lowest BCUT2D eigenvalue weighted by Gasteiger charge is -2.01. The predicted octanol–water partition coefficient (Wildman–Crippen LogP) is 0.840. The number of hydrogen-bond donors (Lipinski definition) is 1. The highest BCUT2D eigenvalue weighted by atomic mass is 16.1. The third kappa shape index (κ3) is 1.68. The lowest BCUT2D eigenvalue weighted by molar-refractivity contribution is 0.0996. The molecule has 1 aromatic rings. The van der Waals surface area contributed by atoms with E-state index in [1.807, 2.05) is 19.9 Å². The molecule has 0 spiro atoms. The fourth-order valence-electron chi connectivity index (χ4n) is 0.891. The summed E-state index contributed by atoms with van der Waals surface area (Å²) in [7, 11) is 0. The Labute approximate surface area is 71.6 Å². The maximum atomic E-state index is 11.1. The summed E-state index contributed by atoms with van der Waals surface area (Å²) in [5, 5.41) is 0. The van der Waals surface area contributed by atoms with Crippen LogP contribution in [0.5, 0.6) is 0 Å². The normalized spacial score (nSPS) is 9.92. The quantitative estimate of drug-likeness (QED) is 0.659. The van der Waals surface area contributed by atoms with Gasteiger partial charge in [0.2, 0.25) is 0 Å². The number of carbonyl (C=O) groups is 1. The Hall–Kier alpha value is -1.22. The van der Waals surface area contributed by atoms with E-state index in [0.717, 1.165) is 11.3 Å². The first-order valence-corrected chi connectivity index (χ1v) is 3.82. The molecule has 0 aliphatic carbocycles. The van der Waals surface area contributed by atoms with Crippen LogP contribution in [0.4, 0.5) is 0 Å². The molecule has 0 aliphatic rings. The van der Waals surface area contributed by atoms with Crippen molar-refractivity contribution in [2.24, 2.45) is 5.73 Å². The van der Waals surface area contributed by atoms with Crippen molar-refractivity contribution in [3.63, 3.8) is 0 Å². The van der Waals surface area contributed by atoms with E-state index in [1.54, 1.807) is 6.07 Å². The number of ketones is 1. The molecule has 0 saturated carbocycles. The zero-order valence-corrected chi connectivity index (χ0v) is 7.29. The minimum absolute atomic E-state index is 0.0233. The predicted molar refractivity (Wildman–Crippen MR) is 47.1 cm³/mol. The van der Waals surface area contributed by atoms with E-state index >= 15 is 0 Å². The maximum Gasteiger partial charge on any atom is 0.194 e. The van der Waals surface area contributed by atoms with Crippen molar-refractivity contribution in [1.82, 2.24) is 4.98 Å². The molecule has 0 saturated heterocycles. The van der Waals surface area contributed by atoms with Crippen molar-refractivity contribution < 1.29 is 4.79 Å². The van der Waals surface area contributed by atoms with Gasteiger partial charge in [-0.25, -0.2) is 4.98 Å². The number of Topliss-reactive ketones (excluding diaryl/α,β-unsaturated/α-hetero) is 1. The second-order valence-corrected chi connectivity index (χ2v) is 2.73. The molecule has 0 amide bonds. The molecule has 0 unspecified atom stereocenters. The lowest BCUT2D eigenvalue weighted by atomic mass is 10.2. The summed E-state index contributed by atoms with van der Waals surface area (Å²) < 4.78 is 0. The van der Waals surface area contributed by atoms with Gasteiger partial charge < -0.3 is 5.73 Å². The molecule has 0 aromatic carbocycles. The zero-order chi connectivity index (χ0) is 9.14. The van der Waals surface area contributed by atoms with Gasteiger partial charge in [-0.15, -0.1) is 0 Å². The smallest absolute Gasteiger partial charge is 0.194 e. The number of pyridine rings is 1. The van der Waals surface area contributed by atoms with E-state index in [-0.39, 0.29) is 12.3 Å². The summed E-state index contributed by atoms with van der Waals surface area (Å²) in [6.07, 6.45) is 0. The molecule has 3 heteroatoms. The number of nitrogens with two attached hydrogens (primary N) is 1. The van der Waals surface area contributed by atoms with Gasteiger partial charge in [0.1, 0.15) is 5.69 Å². The highest BCUT2D eigenvalue weighted by Gasteiger charge is 2.05. The van der Waals surface area contributed by atoms with E-state index in [2.05, 4.69) is 4.98 Å². The number of aromatic nitrogens is 1. The van der Waals surface area contributed by atoms with E-state index in [0.29, 0.717) is 5.69 Å². The molecule has 1 heterocycles. The van der Waals surface area contributed by atoms with Gasteiger partial charge in [0.05, 0.1) is 6.54 Å². The lowest BCUT2D eigenvalue weighted by Crippen LogP contribution is -2.15. The number of rotatable bonds is 2. The number of nitrogens with zero attached hydrogens (tertiary/aromatic N) is 1. The first-order chi connectivity index (χ1) is 5.65. The average molecular weight is 164 g/mol. The van der Waals surface area contributed by atoms with E-state index in [4.69, 9.17) is 5.73 Å². The summed E-state index contributed by atoms with van der Waals surface area (Å²) >= 11 is 0. The maximum absolute atomic E-state index is 11.1. The van der Waals surface area contributed by atoms with Crippen LogP contribution in [0, 0.1) is 13.8 Å². The van der Waals surface area contributed by atoms with Gasteiger partial charge in [-0.1, -0.05) is 6.07 Å². The largest absolute Gasteiger partial charge is 0.324 e. The molecule has 0 radical (unpaired) electrons. The van der Waals surface area contributed by atoms with Crippen LogP contribution in [-0.2, 0) is 0 Å².